The monoisotopic (exact) mass is 295 g/mol. The number of fused-ring (bicyclic) bond motifs is 1. The Bertz CT molecular complexity index is 395. The lowest BCUT2D eigenvalue weighted by Gasteiger charge is -2.33. The molecule has 4 rings (SSSR count). The van der Waals surface area contributed by atoms with Gasteiger partial charge in [0, 0.05) is 31.6 Å². The van der Waals surface area contributed by atoms with Crippen molar-refractivity contribution in [2.24, 2.45) is 4.99 Å². The first kappa shape index (κ1) is 13.4. The molecule has 112 valence electrons. The maximum Gasteiger partial charge on any atom is 0.157 e. The fourth-order valence-electron chi connectivity index (χ4n) is 4.13. The smallest absolute Gasteiger partial charge is 0.157 e. The first-order valence-electron chi connectivity index (χ1n) is 8.15. The Morgan fingerprint density at radius 2 is 2.10 bits per heavy atom. The molecular formula is C15H25N3OS. The van der Waals surface area contributed by atoms with Gasteiger partial charge in [-0.2, -0.15) is 0 Å². The topological polar surface area (TPSA) is 36.9 Å². The van der Waals surface area contributed by atoms with Crippen LogP contribution in [-0.4, -0.2) is 59.7 Å². The highest BCUT2D eigenvalue weighted by molar-refractivity contribution is 8.14. The molecule has 1 N–H and O–H groups in total. The van der Waals surface area contributed by atoms with E-state index in [1.165, 1.54) is 49.7 Å². The fraction of sp³-hybridized carbons (Fsp3) is 0.933. The van der Waals surface area contributed by atoms with E-state index in [2.05, 4.69) is 10.2 Å². The van der Waals surface area contributed by atoms with Crippen LogP contribution >= 0.6 is 11.8 Å². The van der Waals surface area contributed by atoms with Crippen molar-refractivity contribution in [1.82, 2.24) is 10.2 Å². The normalized spacial score (nSPS) is 39.1. The Kier molecular flexibility index (Phi) is 3.69. The summed E-state index contributed by atoms with van der Waals surface area (Å²) in [7, 11) is 0. The zero-order chi connectivity index (χ0) is 13.4. The predicted octanol–water partition coefficient (Wildman–Crippen LogP) is 1.85. The lowest BCUT2D eigenvalue weighted by Crippen LogP contribution is -2.48. The number of piperidine rings is 1. The quantitative estimate of drug-likeness (QED) is 0.801. The van der Waals surface area contributed by atoms with E-state index >= 15 is 0 Å². The molecule has 0 saturated carbocycles. The van der Waals surface area contributed by atoms with E-state index in [0.29, 0.717) is 6.04 Å². The van der Waals surface area contributed by atoms with Crippen LogP contribution in [0.15, 0.2) is 4.99 Å². The van der Waals surface area contributed by atoms with Crippen LogP contribution in [0.2, 0.25) is 0 Å². The highest BCUT2D eigenvalue weighted by atomic mass is 32.2. The van der Waals surface area contributed by atoms with E-state index < -0.39 is 0 Å². The Morgan fingerprint density at radius 3 is 3.00 bits per heavy atom. The molecule has 2 unspecified atom stereocenters. The van der Waals surface area contributed by atoms with Crippen LogP contribution in [0, 0.1) is 0 Å². The van der Waals surface area contributed by atoms with Crippen LogP contribution < -0.4 is 5.32 Å². The van der Waals surface area contributed by atoms with Crippen molar-refractivity contribution < 1.29 is 4.74 Å². The minimum Gasteiger partial charge on any atom is -0.381 e. The molecule has 1 spiro atoms. The van der Waals surface area contributed by atoms with Crippen molar-refractivity contribution in [2.45, 2.75) is 56.1 Å². The Labute approximate surface area is 125 Å². The summed E-state index contributed by atoms with van der Waals surface area (Å²) in [6, 6.07) is 1.27. The van der Waals surface area contributed by atoms with Crippen LogP contribution in [-0.2, 0) is 4.74 Å². The zero-order valence-corrected chi connectivity index (χ0v) is 13.0. The number of nitrogens with zero attached hydrogens (tertiary/aromatic N) is 2. The number of amidine groups is 1. The summed E-state index contributed by atoms with van der Waals surface area (Å²) in [4.78, 5) is 7.76. The number of hydrogen-bond acceptors (Lipinski definition) is 4. The predicted molar refractivity (Wildman–Crippen MR) is 83.4 cm³/mol. The first-order valence-corrected chi connectivity index (χ1v) is 9.14. The van der Waals surface area contributed by atoms with Gasteiger partial charge in [-0.15, -0.1) is 0 Å². The third-order valence-corrected chi connectivity index (χ3v) is 6.59. The maximum absolute atomic E-state index is 5.50. The van der Waals surface area contributed by atoms with E-state index in [4.69, 9.17) is 9.73 Å². The standard InChI is InChI=1S/C15H25N3OS/c1-2-7-18-8-4-12(13(18)3-1)16-14-17-15(11-20-14)5-9-19-10-6-15/h12-13H,1-11H2,(H,16,17). The van der Waals surface area contributed by atoms with E-state index in [9.17, 15) is 0 Å². The van der Waals surface area contributed by atoms with Gasteiger partial charge >= 0.3 is 0 Å². The molecule has 2 atom stereocenters. The molecule has 4 aliphatic heterocycles. The number of ether oxygens (including phenoxy) is 1. The minimum atomic E-state index is 0.284. The summed E-state index contributed by atoms with van der Waals surface area (Å²) in [5.74, 6) is 1.18. The van der Waals surface area contributed by atoms with Gasteiger partial charge in [0.2, 0.25) is 0 Å². The molecule has 0 radical (unpaired) electrons. The average Bonchev–Trinajstić information content (AvgIpc) is 3.06. The molecule has 4 nitrogen and oxygen atoms in total. The molecule has 4 aliphatic rings. The molecule has 0 aromatic rings. The molecule has 0 amide bonds. The lowest BCUT2D eigenvalue weighted by atomic mass is 9.93. The molecule has 0 aromatic carbocycles. The lowest BCUT2D eigenvalue weighted by molar-refractivity contribution is 0.0555. The van der Waals surface area contributed by atoms with E-state index in [1.54, 1.807) is 0 Å². The molecule has 20 heavy (non-hydrogen) atoms. The number of aliphatic imine (C=N–C) groups is 1. The minimum absolute atomic E-state index is 0.284. The van der Waals surface area contributed by atoms with Gasteiger partial charge in [-0.05, 0) is 38.6 Å². The van der Waals surface area contributed by atoms with Crippen LogP contribution in [0.3, 0.4) is 0 Å². The van der Waals surface area contributed by atoms with Crippen LogP contribution in [0.4, 0.5) is 0 Å². The van der Waals surface area contributed by atoms with Gasteiger partial charge in [-0.1, -0.05) is 18.2 Å². The maximum atomic E-state index is 5.50. The van der Waals surface area contributed by atoms with Crippen molar-refractivity contribution in [2.75, 3.05) is 32.1 Å². The van der Waals surface area contributed by atoms with Gasteiger partial charge in [-0.3, -0.25) is 9.89 Å². The van der Waals surface area contributed by atoms with Crippen LogP contribution in [0.25, 0.3) is 0 Å². The number of thioether (sulfide) groups is 1. The second kappa shape index (κ2) is 5.50. The fourth-order valence-corrected chi connectivity index (χ4v) is 5.40. The van der Waals surface area contributed by atoms with E-state index in [1.807, 2.05) is 11.8 Å². The third-order valence-electron chi connectivity index (χ3n) is 5.41. The number of rotatable bonds is 1. The van der Waals surface area contributed by atoms with Crippen LogP contribution in [0.1, 0.15) is 38.5 Å². The van der Waals surface area contributed by atoms with Gasteiger partial charge in [0.05, 0.1) is 11.6 Å². The Morgan fingerprint density at radius 1 is 1.20 bits per heavy atom. The summed E-state index contributed by atoms with van der Waals surface area (Å²) < 4.78 is 5.50. The number of nitrogens with one attached hydrogen (secondary N) is 1. The Balaban J connectivity index is 1.43. The van der Waals surface area contributed by atoms with Crippen molar-refractivity contribution in [3.05, 3.63) is 0 Å². The van der Waals surface area contributed by atoms with Gasteiger partial charge in [0.25, 0.3) is 0 Å². The largest absolute Gasteiger partial charge is 0.381 e. The van der Waals surface area contributed by atoms with Crippen molar-refractivity contribution in [1.29, 1.82) is 0 Å². The summed E-state index contributed by atoms with van der Waals surface area (Å²) in [6.07, 6.45) is 7.66. The molecule has 0 aliphatic carbocycles. The number of hydrogen-bond donors (Lipinski definition) is 1. The highest BCUT2D eigenvalue weighted by Gasteiger charge is 2.40. The molecule has 4 fully saturated rings. The van der Waals surface area contributed by atoms with E-state index in [-0.39, 0.29) is 5.54 Å². The second-order valence-electron chi connectivity index (χ2n) is 6.70. The molecule has 5 heteroatoms. The summed E-state index contributed by atoms with van der Waals surface area (Å²) in [5.41, 5.74) is 0.284. The van der Waals surface area contributed by atoms with Gasteiger partial charge in [-0.25, -0.2) is 0 Å². The summed E-state index contributed by atoms with van der Waals surface area (Å²) in [5, 5.41) is 4.96. The molecule has 4 saturated heterocycles. The van der Waals surface area contributed by atoms with Gasteiger partial charge < -0.3 is 10.1 Å². The molecule has 4 heterocycles. The molecular weight excluding hydrogens is 270 g/mol. The molecule has 0 aromatic heterocycles. The Hall–Kier alpha value is -0.260. The first-order chi connectivity index (χ1) is 9.85. The third kappa shape index (κ3) is 2.48. The van der Waals surface area contributed by atoms with Gasteiger partial charge in [0.15, 0.2) is 5.17 Å². The zero-order valence-electron chi connectivity index (χ0n) is 12.1. The van der Waals surface area contributed by atoms with Crippen molar-refractivity contribution in [3.8, 4) is 0 Å². The van der Waals surface area contributed by atoms with Gasteiger partial charge in [0.1, 0.15) is 0 Å². The van der Waals surface area contributed by atoms with Crippen molar-refractivity contribution in [3.63, 3.8) is 0 Å². The molecule has 0 bridgehead atoms. The van der Waals surface area contributed by atoms with Crippen molar-refractivity contribution >= 4 is 16.9 Å². The highest BCUT2D eigenvalue weighted by Crippen LogP contribution is 2.34. The average molecular weight is 295 g/mol. The SMILES string of the molecule is C1CCN2CCC(N=C3NC4(CCOCC4)CS3)C2C1. The second-order valence-corrected chi connectivity index (χ2v) is 7.66. The van der Waals surface area contributed by atoms with Crippen LogP contribution in [0.5, 0.6) is 0 Å². The van der Waals surface area contributed by atoms with E-state index in [0.717, 1.165) is 32.1 Å². The summed E-state index contributed by atoms with van der Waals surface area (Å²) >= 11 is 1.94. The summed E-state index contributed by atoms with van der Waals surface area (Å²) in [6.45, 7) is 4.37.